The van der Waals surface area contributed by atoms with E-state index in [2.05, 4.69) is 10.3 Å². The van der Waals surface area contributed by atoms with Gasteiger partial charge in [0.25, 0.3) is 5.91 Å². The van der Waals surface area contributed by atoms with Gasteiger partial charge in [-0.3, -0.25) is 4.79 Å². The van der Waals surface area contributed by atoms with Crippen molar-refractivity contribution in [3.8, 4) is 11.5 Å². The molecule has 0 aliphatic heterocycles. The number of aromatic nitrogens is 1. The zero-order valence-corrected chi connectivity index (χ0v) is 19.0. The average molecular weight is 439 g/mol. The van der Waals surface area contributed by atoms with Gasteiger partial charge in [-0.25, -0.2) is 4.98 Å². The largest absolute Gasteiger partial charge is 0.497 e. The second-order valence-corrected chi connectivity index (χ2v) is 10.6. The summed E-state index contributed by atoms with van der Waals surface area (Å²) in [5, 5.41) is 3.96. The normalized spacial score (nSPS) is 28.4. The fourth-order valence-corrected chi connectivity index (χ4v) is 7.50. The molecule has 0 saturated heterocycles. The van der Waals surface area contributed by atoms with Gasteiger partial charge in [0.15, 0.2) is 0 Å². The van der Waals surface area contributed by atoms with Crippen LogP contribution in [-0.4, -0.2) is 31.7 Å². The van der Waals surface area contributed by atoms with Crippen LogP contribution in [0, 0.1) is 23.2 Å². The first-order valence-electron chi connectivity index (χ1n) is 11.2. The van der Waals surface area contributed by atoms with E-state index in [0.717, 1.165) is 40.7 Å². The summed E-state index contributed by atoms with van der Waals surface area (Å²) in [5.41, 5.74) is 0.928. The number of rotatable bonds is 7. The van der Waals surface area contributed by atoms with Crippen molar-refractivity contribution in [3.05, 3.63) is 42.1 Å². The summed E-state index contributed by atoms with van der Waals surface area (Å²) in [6, 6.07) is 9.33. The molecule has 2 aromatic rings. The minimum Gasteiger partial charge on any atom is -0.497 e. The molecule has 4 aliphatic rings. The van der Waals surface area contributed by atoms with Crippen LogP contribution in [0.5, 0.6) is 11.5 Å². The van der Waals surface area contributed by atoms with E-state index < -0.39 is 0 Å². The molecule has 0 atom stereocenters. The molecular weight excluding hydrogens is 408 g/mol. The van der Waals surface area contributed by atoms with Crippen LogP contribution in [0.2, 0.25) is 0 Å². The molecule has 164 valence electrons. The molecule has 1 aromatic heterocycles. The molecule has 0 spiro atoms. The van der Waals surface area contributed by atoms with Crippen molar-refractivity contribution in [2.45, 2.75) is 48.4 Å². The van der Waals surface area contributed by atoms with E-state index in [-0.39, 0.29) is 5.91 Å². The van der Waals surface area contributed by atoms with Crippen molar-refractivity contribution in [1.82, 2.24) is 10.3 Å². The molecule has 6 rings (SSSR count). The van der Waals surface area contributed by atoms with Crippen LogP contribution in [0.4, 0.5) is 0 Å². The zero-order chi connectivity index (χ0) is 21.4. The van der Waals surface area contributed by atoms with Crippen molar-refractivity contribution >= 4 is 17.7 Å². The number of ether oxygens (including phenoxy) is 2. The van der Waals surface area contributed by atoms with Gasteiger partial charge in [-0.05, 0) is 92.0 Å². The lowest BCUT2D eigenvalue weighted by Gasteiger charge is -2.56. The van der Waals surface area contributed by atoms with Crippen LogP contribution in [-0.2, 0) is 0 Å². The molecule has 31 heavy (non-hydrogen) atoms. The molecule has 1 amide bonds. The predicted octanol–water partition coefficient (Wildman–Crippen LogP) is 5.20. The van der Waals surface area contributed by atoms with Crippen LogP contribution in [0.15, 0.2) is 46.5 Å². The van der Waals surface area contributed by atoms with Crippen molar-refractivity contribution in [1.29, 1.82) is 0 Å². The number of nitrogens with one attached hydrogen (secondary N) is 1. The highest BCUT2D eigenvalue weighted by Crippen LogP contribution is 2.59. The lowest BCUT2D eigenvalue weighted by Crippen LogP contribution is -2.51. The molecule has 4 saturated carbocycles. The van der Waals surface area contributed by atoms with Crippen molar-refractivity contribution < 1.29 is 14.3 Å². The second-order valence-electron chi connectivity index (χ2n) is 9.58. The highest BCUT2D eigenvalue weighted by atomic mass is 32.2. The Kier molecular flexibility index (Phi) is 5.59. The van der Waals surface area contributed by atoms with E-state index in [0.29, 0.717) is 16.0 Å². The molecule has 1 N–H and O–H groups in total. The highest BCUT2D eigenvalue weighted by molar-refractivity contribution is 7.99. The molecule has 1 heterocycles. The molecule has 0 radical (unpaired) electrons. The number of hydrogen-bond donors (Lipinski definition) is 1. The predicted molar refractivity (Wildman–Crippen MR) is 121 cm³/mol. The summed E-state index contributed by atoms with van der Waals surface area (Å²) in [6.45, 7) is 0.789. The Morgan fingerprint density at radius 2 is 1.81 bits per heavy atom. The van der Waals surface area contributed by atoms with Gasteiger partial charge >= 0.3 is 0 Å². The van der Waals surface area contributed by atoms with Crippen LogP contribution >= 0.6 is 11.8 Å². The smallest absolute Gasteiger partial charge is 0.254 e. The molecule has 4 fully saturated rings. The third-order valence-electron chi connectivity index (χ3n) is 7.38. The molecular formula is C25H30N2O3S. The molecule has 1 aromatic carbocycles. The van der Waals surface area contributed by atoms with Crippen molar-refractivity contribution in [2.24, 2.45) is 23.2 Å². The maximum absolute atomic E-state index is 13.2. The summed E-state index contributed by atoms with van der Waals surface area (Å²) >= 11 is 1.43. The lowest BCUT2D eigenvalue weighted by atomic mass is 9.49. The Hall–Kier alpha value is -2.21. The maximum atomic E-state index is 13.2. The number of hydrogen-bond acceptors (Lipinski definition) is 5. The number of carbonyl (C=O) groups is 1. The standard InChI is InChI=1S/C25H30N2O3S/c1-29-19-5-6-21(30-2)22(11-19)31-24-20(4-3-7-26-24)23(28)27-15-25-12-16-8-17(13-25)10-18(9-16)14-25/h3-7,11,16-18H,8-10,12-15H2,1-2H3,(H,27,28). The van der Waals surface area contributed by atoms with Gasteiger partial charge in [-0.1, -0.05) is 11.8 Å². The average Bonchev–Trinajstić information content (AvgIpc) is 2.77. The number of benzene rings is 1. The Balaban J connectivity index is 1.32. The molecule has 0 unspecified atom stereocenters. The first-order chi connectivity index (χ1) is 15.1. The number of methoxy groups -OCH3 is 2. The van der Waals surface area contributed by atoms with Gasteiger partial charge in [-0.2, -0.15) is 0 Å². The van der Waals surface area contributed by atoms with E-state index in [1.54, 1.807) is 20.4 Å². The van der Waals surface area contributed by atoms with Gasteiger partial charge in [-0.15, -0.1) is 0 Å². The summed E-state index contributed by atoms with van der Waals surface area (Å²) in [7, 11) is 3.28. The lowest BCUT2D eigenvalue weighted by molar-refractivity contribution is -0.0503. The molecule has 5 nitrogen and oxygen atoms in total. The Bertz CT molecular complexity index is 942. The van der Waals surface area contributed by atoms with Crippen LogP contribution in [0.25, 0.3) is 0 Å². The Labute approximate surface area is 188 Å². The Morgan fingerprint density at radius 1 is 1.10 bits per heavy atom. The Morgan fingerprint density at radius 3 is 2.45 bits per heavy atom. The minimum absolute atomic E-state index is 0.0341. The van der Waals surface area contributed by atoms with Gasteiger partial charge in [0.1, 0.15) is 16.5 Å². The fourth-order valence-electron chi connectivity index (χ4n) is 6.48. The van der Waals surface area contributed by atoms with Gasteiger partial charge in [0, 0.05) is 12.7 Å². The summed E-state index contributed by atoms with van der Waals surface area (Å²) in [5.74, 6) is 4.09. The van der Waals surface area contributed by atoms with Crippen molar-refractivity contribution in [2.75, 3.05) is 20.8 Å². The van der Waals surface area contributed by atoms with E-state index in [9.17, 15) is 4.79 Å². The number of carbonyl (C=O) groups excluding carboxylic acids is 1. The minimum atomic E-state index is -0.0341. The van der Waals surface area contributed by atoms with E-state index in [1.807, 2.05) is 30.3 Å². The third kappa shape index (κ3) is 4.14. The van der Waals surface area contributed by atoms with Gasteiger partial charge in [0.2, 0.25) is 0 Å². The van der Waals surface area contributed by atoms with E-state index in [4.69, 9.17) is 9.47 Å². The molecule has 6 heteroatoms. The fraction of sp³-hybridized carbons (Fsp3) is 0.520. The molecule has 4 bridgehead atoms. The summed E-state index contributed by atoms with van der Waals surface area (Å²) in [4.78, 5) is 18.6. The van der Waals surface area contributed by atoms with Crippen molar-refractivity contribution in [3.63, 3.8) is 0 Å². The SMILES string of the molecule is COc1ccc(OC)c(Sc2ncccc2C(=O)NCC23CC4CC(CC(C4)C2)C3)c1. The number of pyridine rings is 1. The second kappa shape index (κ2) is 8.38. The van der Waals surface area contributed by atoms with Gasteiger partial charge in [0.05, 0.1) is 24.7 Å². The zero-order valence-electron chi connectivity index (χ0n) is 18.2. The topological polar surface area (TPSA) is 60.5 Å². The molecule has 4 aliphatic carbocycles. The van der Waals surface area contributed by atoms with E-state index in [1.165, 1.54) is 50.3 Å². The first kappa shape index (κ1) is 20.7. The van der Waals surface area contributed by atoms with E-state index >= 15 is 0 Å². The monoisotopic (exact) mass is 438 g/mol. The summed E-state index contributed by atoms with van der Waals surface area (Å²) < 4.78 is 10.9. The van der Waals surface area contributed by atoms with Crippen LogP contribution in [0.3, 0.4) is 0 Å². The quantitative estimate of drug-likeness (QED) is 0.644. The first-order valence-corrected chi connectivity index (χ1v) is 12.0. The highest BCUT2D eigenvalue weighted by Gasteiger charge is 2.50. The van der Waals surface area contributed by atoms with Gasteiger partial charge < -0.3 is 14.8 Å². The van der Waals surface area contributed by atoms with Crippen LogP contribution < -0.4 is 14.8 Å². The summed E-state index contributed by atoms with van der Waals surface area (Å²) in [6.07, 6.45) is 9.83. The number of amides is 1. The number of nitrogens with zero attached hydrogens (tertiary/aromatic N) is 1. The maximum Gasteiger partial charge on any atom is 0.254 e. The third-order valence-corrected chi connectivity index (χ3v) is 8.44. The van der Waals surface area contributed by atoms with Crippen LogP contribution in [0.1, 0.15) is 48.9 Å².